The van der Waals surface area contributed by atoms with E-state index in [2.05, 4.69) is 15.0 Å². The lowest BCUT2D eigenvalue weighted by molar-refractivity contribution is -0.274. The van der Waals surface area contributed by atoms with Gasteiger partial charge in [0.15, 0.2) is 17.1 Å². The van der Waals surface area contributed by atoms with E-state index in [0.29, 0.717) is 0 Å². The predicted molar refractivity (Wildman–Crippen MR) is 142 cm³/mol. The molecule has 1 aliphatic carbocycles. The molecule has 0 spiro atoms. The van der Waals surface area contributed by atoms with Gasteiger partial charge in [0.2, 0.25) is 0 Å². The van der Waals surface area contributed by atoms with Crippen LogP contribution in [0.5, 0.6) is 5.75 Å². The zero-order chi connectivity index (χ0) is 32.6. The molecule has 0 bridgehead atoms. The Balaban J connectivity index is 1.97. The largest absolute Gasteiger partial charge is 0.573 e. The normalized spacial score (nSPS) is 20.0. The summed E-state index contributed by atoms with van der Waals surface area (Å²) < 4.78 is 109. The Labute approximate surface area is 244 Å². The van der Waals surface area contributed by atoms with Crippen LogP contribution in [0.2, 0.25) is 0 Å². The van der Waals surface area contributed by atoms with Crippen LogP contribution in [-0.4, -0.2) is 65.2 Å². The molecule has 1 aromatic heterocycles. The van der Waals surface area contributed by atoms with Crippen molar-refractivity contribution in [3.63, 3.8) is 0 Å². The zero-order valence-corrected chi connectivity index (χ0v) is 24.7. The fourth-order valence-electron chi connectivity index (χ4n) is 4.96. The molecule has 1 fully saturated rings. The van der Waals surface area contributed by atoms with Crippen LogP contribution >= 0.6 is 0 Å². The summed E-state index contributed by atoms with van der Waals surface area (Å²) in [5.41, 5.74) is -5.09. The molecule has 2 N–H and O–H groups in total. The Morgan fingerprint density at radius 2 is 1.81 bits per heavy atom. The summed E-state index contributed by atoms with van der Waals surface area (Å²) in [7, 11) is -3.30. The highest BCUT2D eigenvalue weighted by atomic mass is 32.2. The van der Waals surface area contributed by atoms with Crippen molar-refractivity contribution in [3.8, 4) is 17.5 Å². The van der Waals surface area contributed by atoms with Crippen LogP contribution in [0.3, 0.4) is 0 Å². The number of alkyl halides is 6. The number of carbonyl (C=O) groups excluding carboxylic acids is 1. The number of aromatic nitrogens is 2. The van der Waals surface area contributed by atoms with Crippen molar-refractivity contribution in [1.29, 1.82) is 5.26 Å². The minimum atomic E-state index is -5.24. The average Bonchev–Trinajstić information content (AvgIpc) is 3.24. The summed E-state index contributed by atoms with van der Waals surface area (Å²) in [5.74, 6) is -1.81. The zero-order valence-electron chi connectivity index (χ0n) is 23.9. The van der Waals surface area contributed by atoms with E-state index in [0.717, 1.165) is 36.8 Å². The number of halogens is 6. The molecule has 2 aromatic rings. The molecule has 1 saturated carbocycles. The van der Waals surface area contributed by atoms with Gasteiger partial charge in [-0.15, -0.1) is 13.2 Å². The number of ether oxygens (including phenoxy) is 1. The number of rotatable bonds is 9. The molecule has 16 heteroatoms. The second-order valence-corrected chi connectivity index (χ2v) is 13.7. The Morgan fingerprint density at radius 3 is 2.30 bits per heavy atom. The SMILES string of the molecule is CCc1nc(C(=O)NCC2(O)CCC(S(C)(=O)=O)CC2)c(C#N)n1-c1ccc(CC(C)(C)C(F)(F)F)cc1OC(F)(F)F. The van der Waals surface area contributed by atoms with Crippen LogP contribution in [0.1, 0.15) is 74.0 Å². The standard InChI is InChI=1S/C27H32F6N4O5S/c1-5-21-36-22(23(38)35-15-25(39)10-8-17(9-11-25)43(4,40)41)19(14-34)37(21)18-7-6-16(12-20(18)42-27(31,32)33)13-24(2,3)26(28,29)30/h6-7,12,17,39H,5,8-11,13,15H2,1-4H3,(H,35,38). The van der Waals surface area contributed by atoms with Crippen molar-refractivity contribution >= 4 is 15.7 Å². The Hall–Kier alpha value is -3.32. The second kappa shape index (κ2) is 12.0. The number of hydrogen-bond donors (Lipinski definition) is 2. The Kier molecular flexibility index (Phi) is 9.53. The van der Waals surface area contributed by atoms with Crippen molar-refractivity contribution < 1.29 is 49.4 Å². The highest BCUT2D eigenvalue weighted by Gasteiger charge is 2.47. The summed E-state index contributed by atoms with van der Waals surface area (Å²) in [6, 6.07) is 4.80. The first-order chi connectivity index (χ1) is 19.6. The number of amides is 1. The maximum Gasteiger partial charge on any atom is 0.573 e. The molecule has 0 atom stereocenters. The Bertz CT molecular complexity index is 1500. The lowest BCUT2D eigenvalue weighted by Gasteiger charge is -2.35. The summed E-state index contributed by atoms with van der Waals surface area (Å²) in [4.78, 5) is 17.2. The average molecular weight is 639 g/mol. The van der Waals surface area contributed by atoms with E-state index in [1.807, 2.05) is 0 Å². The third kappa shape index (κ3) is 7.99. The van der Waals surface area contributed by atoms with Gasteiger partial charge in [0, 0.05) is 19.2 Å². The highest BCUT2D eigenvalue weighted by Crippen LogP contribution is 2.42. The van der Waals surface area contributed by atoms with Gasteiger partial charge in [-0.2, -0.15) is 18.4 Å². The number of nitriles is 1. The third-order valence-electron chi connectivity index (χ3n) is 7.54. The van der Waals surface area contributed by atoms with Gasteiger partial charge in [-0.1, -0.05) is 26.8 Å². The summed E-state index contributed by atoms with van der Waals surface area (Å²) >= 11 is 0. The first kappa shape index (κ1) is 34.2. The van der Waals surface area contributed by atoms with Gasteiger partial charge in [0.25, 0.3) is 5.91 Å². The number of hydrogen-bond acceptors (Lipinski definition) is 7. The van der Waals surface area contributed by atoms with E-state index >= 15 is 0 Å². The molecule has 0 radical (unpaired) electrons. The van der Waals surface area contributed by atoms with Crippen molar-refractivity contribution in [2.24, 2.45) is 5.41 Å². The third-order valence-corrected chi connectivity index (χ3v) is 9.22. The number of benzene rings is 1. The number of sulfone groups is 1. The number of nitrogens with zero attached hydrogens (tertiary/aromatic N) is 3. The molecule has 1 amide bonds. The van der Waals surface area contributed by atoms with Crippen LogP contribution < -0.4 is 10.1 Å². The van der Waals surface area contributed by atoms with Crippen LogP contribution in [-0.2, 0) is 22.7 Å². The quantitative estimate of drug-likeness (QED) is 0.378. The topological polar surface area (TPSA) is 134 Å². The minimum Gasteiger partial charge on any atom is -0.404 e. The monoisotopic (exact) mass is 638 g/mol. The van der Waals surface area contributed by atoms with Crippen molar-refractivity contribution in [2.45, 2.75) is 82.7 Å². The molecule has 1 heterocycles. The number of nitrogens with one attached hydrogen (secondary N) is 1. The molecule has 0 aliphatic heterocycles. The van der Waals surface area contributed by atoms with Gasteiger partial charge in [0.1, 0.15) is 21.7 Å². The number of aryl methyl sites for hydroxylation is 1. The van der Waals surface area contributed by atoms with Gasteiger partial charge in [-0.3, -0.25) is 9.36 Å². The molecular weight excluding hydrogens is 606 g/mol. The Morgan fingerprint density at radius 1 is 1.21 bits per heavy atom. The first-order valence-electron chi connectivity index (χ1n) is 13.3. The van der Waals surface area contributed by atoms with Crippen molar-refractivity contribution in [3.05, 3.63) is 41.0 Å². The molecular formula is C27H32F6N4O5S. The van der Waals surface area contributed by atoms with Gasteiger partial charge < -0.3 is 15.2 Å². The molecule has 238 valence electrons. The van der Waals surface area contributed by atoms with Crippen LogP contribution in [0.15, 0.2) is 18.2 Å². The first-order valence-corrected chi connectivity index (χ1v) is 15.2. The lowest BCUT2D eigenvalue weighted by Crippen LogP contribution is -2.47. The second-order valence-electron chi connectivity index (χ2n) is 11.4. The van der Waals surface area contributed by atoms with E-state index in [-0.39, 0.29) is 55.7 Å². The van der Waals surface area contributed by atoms with E-state index in [1.165, 1.54) is 6.07 Å². The summed E-state index contributed by atoms with van der Waals surface area (Å²) in [6.45, 7) is 3.08. The van der Waals surface area contributed by atoms with E-state index in [4.69, 9.17) is 0 Å². The van der Waals surface area contributed by atoms with Crippen LogP contribution in [0.4, 0.5) is 26.3 Å². The van der Waals surface area contributed by atoms with Gasteiger partial charge in [-0.05, 0) is 49.8 Å². The summed E-state index contributed by atoms with van der Waals surface area (Å²) in [5, 5.41) is 22.7. The minimum absolute atomic E-state index is 0.00975. The molecule has 3 rings (SSSR count). The van der Waals surface area contributed by atoms with E-state index in [1.54, 1.807) is 13.0 Å². The highest BCUT2D eigenvalue weighted by molar-refractivity contribution is 7.91. The van der Waals surface area contributed by atoms with Gasteiger partial charge in [-0.25, -0.2) is 13.4 Å². The van der Waals surface area contributed by atoms with Gasteiger partial charge >= 0.3 is 12.5 Å². The van der Waals surface area contributed by atoms with Crippen LogP contribution in [0, 0.1) is 16.7 Å². The number of aliphatic hydroxyl groups is 1. The molecule has 0 unspecified atom stereocenters. The van der Waals surface area contributed by atoms with Gasteiger partial charge in [0.05, 0.1) is 22.0 Å². The molecule has 43 heavy (non-hydrogen) atoms. The molecule has 0 saturated heterocycles. The van der Waals surface area contributed by atoms with Crippen molar-refractivity contribution in [1.82, 2.24) is 14.9 Å². The van der Waals surface area contributed by atoms with E-state index in [9.17, 15) is 49.9 Å². The fourth-order valence-corrected chi connectivity index (χ4v) is 6.05. The molecule has 9 nitrogen and oxygen atoms in total. The van der Waals surface area contributed by atoms with Crippen LogP contribution in [0.25, 0.3) is 5.69 Å². The predicted octanol–water partition coefficient (Wildman–Crippen LogP) is 4.78. The summed E-state index contributed by atoms with van der Waals surface area (Å²) in [6.07, 6.45) is -8.87. The maximum atomic E-state index is 13.4. The smallest absolute Gasteiger partial charge is 0.404 e. The van der Waals surface area contributed by atoms with E-state index < -0.39 is 68.1 Å². The fraction of sp³-hybridized carbons (Fsp3) is 0.593. The lowest BCUT2D eigenvalue weighted by atomic mass is 9.84. The molecule has 1 aliphatic rings. The molecule has 1 aromatic carbocycles. The number of imidazole rings is 1. The number of carbonyl (C=O) groups is 1. The van der Waals surface area contributed by atoms with Crippen molar-refractivity contribution in [2.75, 3.05) is 12.8 Å². The maximum absolute atomic E-state index is 13.4.